The van der Waals surface area contributed by atoms with Crippen molar-refractivity contribution in [2.75, 3.05) is 19.5 Å². The van der Waals surface area contributed by atoms with Crippen LogP contribution >= 0.6 is 11.6 Å². The van der Waals surface area contributed by atoms with E-state index in [0.717, 1.165) is 27.8 Å². The van der Waals surface area contributed by atoms with Gasteiger partial charge in [-0.25, -0.2) is 4.39 Å². The molecule has 0 spiro atoms. The van der Waals surface area contributed by atoms with Crippen molar-refractivity contribution in [3.63, 3.8) is 0 Å². The van der Waals surface area contributed by atoms with Crippen molar-refractivity contribution in [3.05, 3.63) is 113 Å². The van der Waals surface area contributed by atoms with E-state index in [0.29, 0.717) is 31.2 Å². The smallest absolute Gasteiger partial charge is 0.305 e. The van der Waals surface area contributed by atoms with E-state index in [2.05, 4.69) is 16.0 Å². The average Bonchev–Trinajstić information content (AvgIpc) is 3.64. The van der Waals surface area contributed by atoms with Gasteiger partial charge in [-0.2, -0.15) is 0 Å². The summed E-state index contributed by atoms with van der Waals surface area (Å²) in [7, 11) is 1.22. The molecule has 57 heavy (non-hydrogen) atoms. The molecule has 11 nitrogen and oxygen atoms in total. The Morgan fingerprint density at radius 3 is 2.33 bits per heavy atom. The van der Waals surface area contributed by atoms with Crippen LogP contribution in [0, 0.1) is 18.7 Å². The van der Waals surface area contributed by atoms with Gasteiger partial charge in [-0.15, -0.1) is 11.6 Å². The van der Waals surface area contributed by atoms with E-state index >= 15 is 0 Å². The number of amides is 4. The zero-order chi connectivity index (χ0) is 40.9. The number of hydrogen-bond acceptors (Lipinski definition) is 7. The molecule has 0 aromatic heterocycles. The lowest BCUT2D eigenvalue weighted by Crippen LogP contribution is -2.59. The predicted molar refractivity (Wildman–Crippen MR) is 214 cm³/mol. The average molecular weight is 801 g/mol. The standard InChI is InChI=1S/C44H50ClFN4O7/c1-28-10-12-30(13-11-28)27-47-42(54)33(23-29-14-18-34(46)19-15-29)25-39(51)37(24-32-17-16-31-7-3-4-8-35(31)32)49-43(55)38-9-5-6-22-50(38)44(56)36(48-40(52)26-45)20-21-41(53)57-2/h3-4,7-8,10-15,17-19,33,36-38H,5-6,9,16,20-27H2,1-2H3,(H,47,54)(H,48,52)(H,49,55)/t33-,36+,37+,38+/m1/s1. The number of aryl methyl sites for hydroxylation is 1. The first-order chi connectivity index (χ1) is 27.4. The SMILES string of the molecule is COC(=O)CC[C@H](NC(=O)CCl)C(=O)N1CCCC[C@H]1C(=O)N[C@@H](CC1=CCc2ccccc21)C(=O)C[C@@H](Cc1ccc(F)cc1)C(=O)NCc1ccc(C)cc1. The van der Waals surface area contributed by atoms with Gasteiger partial charge in [0.05, 0.1) is 13.2 Å². The number of methoxy groups -OCH3 is 1. The van der Waals surface area contributed by atoms with Gasteiger partial charge in [-0.3, -0.25) is 28.8 Å². The molecule has 2 aliphatic rings. The van der Waals surface area contributed by atoms with E-state index in [1.165, 1.54) is 24.1 Å². The second-order valence-corrected chi connectivity index (χ2v) is 14.9. The molecule has 4 atom stereocenters. The molecule has 13 heteroatoms. The van der Waals surface area contributed by atoms with E-state index in [9.17, 15) is 33.2 Å². The summed E-state index contributed by atoms with van der Waals surface area (Å²) in [6, 6.07) is 18.2. The third kappa shape index (κ3) is 12.1. The third-order valence-corrected chi connectivity index (χ3v) is 10.8. The van der Waals surface area contributed by atoms with Gasteiger partial charge < -0.3 is 25.6 Å². The zero-order valence-corrected chi connectivity index (χ0v) is 33.1. The van der Waals surface area contributed by atoms with Gasteiger partial charge in [0, 0.05) is 38.3 Å². The van der Waals surface area contributed by atoms with Crippen molar-refractivity contribution in [2.24, 2.45) is 5.92 Å². The van der Waals surface area contributed by atoms with E-state index in [4.69, 9.17) is 16.3 Å². The number of fused-ring (bicyclic) bond motifs is 1. The highest BCUT2D eigenvalue weighted by Gasteiger charge is 2.38. The van der Waals surface area contributed by atoms with Gasteiger partial charge in [-0.1, -0.05) is 72.3 Å². The van der Waals surface area contributed by atoms with Crippen LogP contribution in [0.5, 0.6) is 0 Å². The second-order valence-electron chi connectivity index (χ2n) is 14.7. The first kappa shape index (κ1) is 42.8. The molecule has 0 bridgehead atoms. The van der Waals surface area contributed by atoms with Crippen LogP contribution < -0.4 is 16.0 Å². The van der Waals surface area contributed by atoms with E-state index in [1.807, 2.05) is 61.5 Å². The van der Waals surface area contributed by atoms with Gasteiger partial charge in [0.25, 0.3) is 0 Å². The molecular weight excluding hydrogens is 751 g/mol. The fourth-order valence-corrected chi connectivity index (χ4v) is 7.47. The molecule has 5 rings (SSSR count). The number of alkyl halides is 1. The number of ether oxygens (including phenoxy) is 1. The van der Waals surface area contributed by atoms with Crippen molar-refractivity contribution in [1.29, 1.82) is 0 Å². The fraction of sp³-hybridized carbons (Fsp3) is 0.409. The Morgan fingerprint density at radius 2 is 1.61 bits per heavy atom. The lowest BCUT2D eigenvalue weighted by Gasteiger charge is -2.37. The Bertz CT molecular complexity index is 1950. The number of carbonyl (C=O) groups is 6. The highest BCUT2D eigenvalue weighted by Crippen LogP contribution is 2.31. The topological polar surface area (TPSA) is 151 Å². The summed E-state index contributed by atoms with van der Waals surface area (Å²) >= 11 is 5.73. The Morgan fingerprint density at radius 1 is 0.895 bits per heavy atom. The number of hydrogen-bond donors (Lipinski definition) is 3. The summed E-state index contributed by atoms with van der Waals surface area (Å²) in [4.78, 5) is 82.3. The van der Waals surface area contributed by atoms with Crippen LogP contribution in [-0.4, -0.2) is 77.9 Å². The molecule has 1 aliphatic heterocycles. The maximum atomic E-state index is 14.5. The van der Waals surface area contributed by atoms with Crippen molar-refractivity contribution >= 4 is 52.6 Å². The highest BCUT2D eigenvalue weighted by molar-refractivity contribution is 6.27. The number of likely N-dealkylation sites (tertiary alicyclic amines) is 1. The lowest BCUT2D eigenvalue weighted by molar-refractivity contribution is -0.146. The molecule has 302 valence electrons. The van der Waals surface area contributed by atoms with E-state index < -0.39 is 59.4 Å². The van der Waals surface area contributed by atoms with Crippen LogP contribution in [0.4, 0.5) is 4.39 Å². The fourth-order valence-electron chi connectivity index (χ4n) is 7.39. The van der Waals surface area contributed by atoms with Gasteiger partial charge >= 0.3 is 5.97 Å². The zero-order valence-electron chi connectivity index (χ0n) is 32.4. The largest absolute Gasteiger partial charge is 0.469 e. The first-order valence-corrected chi connectivity index (χ1v) is 19.9. The summed E-state index contributed by atoms with van der Waals surface area (Å²) in [6.07, 6.45) is 4.15. The van der Waals surface area contributed by atoms with E-state index in [1.54, 1.807) is 12.1 Å². The number of carbonyl (C=O) groups excluding carboxylic acids is 6. The van der Waals surface area contributed by atoms with Crippen molar-refractivity contribution in [2.45, 2.75) is 89.4 Å². The quantitative estimate of drug-likeness (QED) is 0.119. The number of esters is 1. The number of allylic oxidation sites excluding steroid dienone is 1. The number of nitrogens with one attached hydrogen (secondary N) is 3. The maximum Gasteiger partial charge on any atom is 0.305 e. The predicted octanol–water partition coefficient (Wildman–Crippen LogP) is 5.14. The molecule has 1 aliphatic carbocycles. The third-order valence-electron chi connectivity index (χ3n) is 10.6. The molecule has 3 N–H and O–H groups in total. The van der Waals surface area contributed by atoms with Crippen LogP contribution in [0.1, 0.15) is 72.8 Å². The maximum absolute atomic E-state index is 14.5. The van der Waals surface area contributed by atoms with Crippen molar-refractivity contribution < 1.29 is 37.9 Å². The molecule has 0 radical (unpaired) electrons. The molecule has 1 heterocycles. The summed E-state index contributed by atoms with van der Waals surface area (Å²) in [5.74, 6) is -4.64. The second kappa shape index (κ2) is 20.7. The molecule has 0 saturated carbocycles. The lowest BCUT2D eigenvalue weighted by atomic mass is 9.88. The molecule has 4 amide bonds. The first-order valence-electron chi connectivity index (χ1n) is 19.4. The molecule has 3 aromatic rings. The molecule has 0 unspecified atom stereocenters. The number of nitrogens with zero attached hydrogens (tertiary/aromatic N) is 1. The van der Waals surface area contributed by atoms with Crippen molar-refractivity contribution in [3.8, 4) is 0 Å². The Balaban J connectivity index is 1.39. The van der Waals surface area contributed by atoms with Gasteiger partial charge in [0.2, 0.25) is 23.6 Å². The van der Waals surface area contributed by atoms with Crippen LogP contribution in [0.15, 0.2) is 78.9 Å². The summed E-state index contributed by atoms with van der Waals surface area (Å²) in [5.41, 5.74) is 5.59. The number of halogens is 2. The number of piperidine rings is 1. The van der Waals surface area contributed by atoms with Crippen LogP contribution in [0.2, 0.25) is 0 Å². The highest BCUT2D eigenvalue weighted by atomic mass is 35.5. The van der Waals surface area contributed by atoms with Crippen LogP contribution in [-0.2, 0) is 52.9 Å². The Labute approximate surface area is 337 Å². The Kier molecular flexibility index (Phi) is 15.5. The molecule has 1 fully saturated rings. The monoisotopic (exact) mass is 800 g/mol. The van der Waals surface area contributed by atoms with Gasteiger partial charge in [0.15, 0.2) is 5.78 Å². The Hall–Kier alpha value is -5.36. The van der Waals surface area contributed by atoms with Crippen LogP contribution in [0.3, 0.4) is 0 Å². The summed E-state index contributed by atoms with van der Waals surface area (Å²) in [6.45, 7) is 2.44. The summed E-state index contributed by atoms with van der Waals surface area (Å²) < 4.78 is 18.6. The molecule has 3 aromatic carbocycles. The van der Waals surface area contributed by atoms with Gasteiger partial charge in [0.1, 0.15) is 23.8 Å². The minimum Gasteiger partial charge on any atom is -0.469 e. The van der Waals surface area contributed by atoms with Crippen molar-refractivity contribution in [1.82, 2.24) is 20.9 Å². The van der Waals surface area contributed by atoms with E-state index in [-0.39, 0.29) is 56.9 Å². The molecular formula is C44H50ClFN4O7. The molecule has 1 saturated heterocycles. The number of benzene rings is 3. The number of ketones is 1. The van der Waals surface area contributed by atoms with Gasteiger partial charge in [-0.05, 0) is 85.4 Å². The number of rotatable bonds is 18. The van der Waals surface area contributed by atoms with Crippen LogP contribution in [0.25, 0.3) is 5.57 Å². The minimum atomic E-state index is -1.13. The number of Topliss-reactive ketones (excluding diaryl/α,β-unsaturated/α-hetero) is 1. The summed E-state index contributed by atoms with van der Waals surface area (Å²) in [5, 5.41) is 8.51. The normalized spacial score (nSPS) is 16.3. The minimum absolute atomic E-state index is 0.0604.